The van der Waals surface area contributed by atoms with Crippen LogP contribution >= 0.6 is 0 Å². The van der Waals surface area contributed by atoms with E-state index in [1.54, 1.807) is 0 Å². The molecule has 0 bridgehead atoms. The van der Waals surface area contributed by atoms with Gasteiger partial charge in [0, 0.05) is 17.4 Å². The van der Waals surface area contributed by atoms with E-state index in [2.05, 4.69) is 41.5 Å². The van der Waals surface area contributed by atoms with Crippen LogP contribution in [0.25, 0.3) is 0 Å². The van der Waals surface area contributed by atoms with Crippen molar-refractivity contribution in [1.29, 1.82) is 0 Å². The fourth-order valence-corrected chi connectivity index (χ4v) is 2.51. The molecule has 1 aromatic carbocycles. The molecule has 0 aliphatic heterocycles. The lowest BCUT2D eigenvalue weighted by atomic mass is 9.73. The van der Waals surface area contributed by atoms with Crippen molar-refractivity contribution in [2.24, 2.45) is 5.73 Å². The number of pyridine rings is 1. The fraction of sp³-hybridized carbons (Fsp3) is 0.312. The molecular weight excluding hydrogens is 234 g/mol. The van der Waals surface area contributed by atoms with Crippen LogP contribution in [0.15, 0.2) is 42.6 Å². The highest BCUT2D eigenvalue weighted by molar-refractivity contribution is 5.58. The summed E-state index contributed by atoms with van der Waals surface area (Å²) in [6, 6.07) is 12.4. The molecule has 0 radical (unpaired) electrons. The van der Waals surface area contributed by atoms with Crippen molar-refractivity contribution < 1.29 is 0 Å². The summed E-state index contributed by atoms with van der Waals surface area (Å²) in [7, 11) is 0. The average Bonchev–Trinajstić information content (AvgIpc) is 2.36. The number of aryl methyl sites for hydroxylation is 1. The Morgan fingerprint density at radius 1 is 1.21 bits per heavy atom. The average molecular weight is 253 g/mol. The fourth-order valence-electron chi connectivity index (χ4n) is 2.51. The molecule has 3 rings (SSSR count). The van der Waals surface area contributed by atoms with Crippen LogP contribution in [0.3, 0.4) is 0 Å². The maximum absolute atomic E-state index is 6.37. The van der Waals surface area contributed by atoms with Gasteiger partial charge in [0.15, 0.2) is 0 Å². The van der Waals surface area contributed by atoms with E-state index in [0.29, 0.717) is 0 Å². The van der Waals surface area contributed by atoms with Crippen LogP contribution < -0.4 is 11.1 Å². The maximum Gasteiger partial charge on any atom is 0.130 e. The van der Waals surface area contributed by atoms with Gasteiger partial charge in [-0.2, -0.15) is 0 Å². The van der Waals surface area contributed by atoms with E-state index in [1.165, 1.54) is 17.5 Å². The summed E-state index contributed by atoms with van der Waals surface area (Å²) >= 11 is 0. The Labute approximate surface area is 113 Å². The van der Waals surface area contributed by atoms with Crippen molar-refractivity contribution >= 4 is 11.5 Å². The molecule has 0 saturated heterocycles. The van der Waals surface area contributed by atoms with E-state index in [0.717, 1.165) is 24.3 Å². The van der Waals surface area contributed by atoms with E-state index in [9.17, 15) is 0 Å². The summed E-state index contributed by atoms with van der Waals surface area (Å²) in [4.78, 5) is 4.32. The maximum atomic E-state index is 6.37. The van der Waals surface area contributed by atoms with E-state index in [4.69, 9.17) is 5.73 Å². The highest BCUT2D eigenvalue weighted by atomic mass is 15.0. The van der Waals surface area contributed by atoms with E-state index >= 15 is 0 Å². The Kier molecular flexibility index (Phi) is 2.99. The Morgan fingerprint density at radius 3 is 2.74 bits per heavy atom. The zero-order chi connectivity index (χ0) is 13.3. The van der Waals surface area contributed by atoms with Crippen molar-refractivity contribution in [3.63, 3.8) is 0 Å². The molecule has 3 nitrogen and oxygen atoms in total. The van der Waals surface area contributed by atoms with Crippen molar-refractivity contribution in [3.05, 3.63) is 53.7 Å². The Balaban J connectivity index is 1.84. The Bertz CT molecular complexity index is 588. The molecule has 2 aromatic rings. The second-order valence-electron chi connectivity index (χ2n) is 5.43. The first-order chi connectivity index (χ1) is 9.16. The van der Waals surface area contributed by atoms with Gasteiger partial charge in [-0.05, 0) is 61.6 Å². The standard InChI is InChI=1S/C16H19N3/c1-12-6-9-18-15(10-12)19-14-5-2-4-13(11-14)16(17)7-3-8-16/h2,4-6,9-11H,3,7-8,17H2,1H3,(H,18,19). The van der Waals surface area contributed by atoms with Gasteiger partial charge in [0.2, 0.25) is 0 Å². The number of benzene rings is 1. The summed E-state index contributed by atoms with van der Waals surface area (Å²) in [6.45, 7) is 2.06. The minimum Gasteiger partial charge on any atom is -0.340 e. The third-order valence-corrected chi connectivity index (χ3v) is 3.87. The van der Waals surface area contributed by atoms with E-state index < -0.39 is 0 Å². The molecule has 0 spiro atoms. The second kappa shape index (κ2) is 4.67. The molecule has 3 heteroatoms. The molecule has 0 unspecified atom stereocenters. The zero-order valence-corrected chi connectivity index (χ0v) is 11.2. The largest absolute Gasteiger partial charge is 0.340 e. The van der Waals surface area contributed by atoms with Crippen LogP contribution in [-0.2, 0) is 5.54 Å². The van der Waals surface area contributed by atoms with Gasteiger partial charge in [-0.1, -0.05) is 12.1 Å². The molecule has 1 heterocycles. The molecule has 98 valence electrons. The van der Waals surface area contributed by atoms with Crippen LogP contribution in [0.1, 0.15) is 30.4 Å². The summed E-state index contributed by atoms with van der Waals surface area (Å²) in [5.41, 5.74) is 9.72. The first kappa shape index (κ1) is 12.2. The number of aromatic nitrogens is 1. The summed E-state index contributed by atoms with van der Waals surface area (Å²) in [5.74, 6) is 0.872. The Hall–Kier alpha value is -1.87. The van der Waals surface area contributed by atoms with Gasteiger partial charge in [0.05, 0.1) is 0 Å². The Morgan fingerprint density at radius 2 is 2.05 bits per heavy atom. The quantitative estimate of drug-likeness (QED) is 0.880. The molecular formula is C16H19N3. The molecule has 1 aliphatic carbocycles. The number of nitrogens with one attached hydrogen (secondary N) is 1. The third-order valence-electron chi connectivity index (χ3n) is 3.87. The third kappa shape index (κ3) is 2.47. The van der Waals surface area contributed by atoms with Crippen LogP contribution in [0.2, 0.25) is 0 Å². The summed E-state index contributed by atoms with van der Waals surface area (Å²) < 4.78 is 0. The number of anilines is 2. The van der Waals surface area contributed by atoms with Crippen molar-refractivity contribution in [3.8, 4) is 0 Å². The van der Waals surface area contributed by atoms with Crippen LogP contribution in [0.5, 0.6) is 0 Å². The minimum atomic E-state index is -0.113. The lowest BCUT2D eigenvalue weighted by molar-refractivity contribution is 0.254. The van der Waals surface area contributed by atoms with Gasteiger partial charge in [-0.3, -0.25) is 0 Å². The van der Waals surface area contributed by atoms with Crippen molar-refractivity contribution in [1.82, 2.24) is 4.98 Å². The van der Waals surface area contributed by atoms with E-state index in [-0.39, 0.29) is 5.54 Å². The van der Waals surface area contributed by atoms with Gasteiger partial charge in [-0.15, -0.1) is 0 Å². The van der Waals surface area contributed by atoms with Crippen LogP contribution in [0, 0.1) is 6.92 Å². The van der Waals surface area contributed by atoms with Gasteiger partial charge in [0.1, 0.15) is 5.82 Å². The minimum absolute atomic E-state index is 0.113. The molecule has 3 N–H and O–H groups in total. The second-order valence-corrected chi connectivity index (χ2v) is 5.43. The molecule has 19 heavy (non-hydrogen) atoms. The lowest BCUT2D eigenvalue weighted by Gasteiger charge is -2.38. The normalized spacial score (nSPS) is 16.7. The van der Waals surface area contributed by atoms with Gasteiger partial charge in [-0.25, -0.2) is 4.98 Å². The molecule has 1 aliphatic rings. The van der Waals surface area contributed by atoms with Crippen molar-refractivity contribution in [2.75, 3.05) is 5.32 Å². The predicted molar refractivity (Wildman–Crippen MR) is 78.4 cm³/mol. The first-order valence-corrected chi connectivity index (χ1v) is 6.75. The first-order valence-electron chi connectivity index (χ1n) is 6.75. The van der Waals surface area contributed by atoms with Gasteiger partial charge < -0.3 is 11.1 Å². The molecule has 1 aromatic heterocycles. The highest BCUT2D eigenvalue weighted by Crippen LogP contribution is 2.39. The smallest absolute Gasteiger partial charge is 0.130 e. The highest BCUT2D eigenvalue weighted by Gasteiger charge is 2.34. The number of hydrogen-bond donors (Lipinski definition) is 2. The topological polar surface area (TPSA) is 50.9 Å². The lowest BCUT2D eigenvalue weighted by Crippen LogP contribution is -2.43. The molecule has 0 amide bonds. The summed E-state index contributed by atoms with van der Waals surface area (Å²) in [6.07, 6.45) is 5.21. The predicted octanol–water partition coefficient (Wildman–Crippen LogP) is 3.47. The van der Waals surface area contributed by atoms with Gasteiger partial charge in [0.25, 0.3) is 0 Å². The summed E-state index contributed by atoms with van der Waals surface area (Å²) in [5, 5.41) is 3.34. The van der Waals surface area contributed by atoms with E-state index in [1.807, 2.05) is 18.3 Å². The number of hydrogen-bond acceptors (Lipinski definition) is 3. The van der Waals surface area contributed by atoms with Crippen LogP contribution in [-0.4, -0.2) is 4.98 Å². The number of rotatable bonds is 3. The number of nitrogens with two attached hydrogens (primary N) is 1. The SMILES string of the molecule is Cc1ccnc(Nc2cccc(C3(N)CCC3)c2)c1. The molecule has 1 saturated carbocycles. The molecule has 0 atom stereocenters. The number of nitrogens with zero attached hydrogens (tertiary/aromatic N) is 1. The van der Waals surface area contributed by atoms with Gasteiger partial charge >= 0.3 is 0 Å². The zero-order valence-electron chi connectivity index (χ0n) is 11.2. The molecule has 1 fully saturated rings. The monoisotopic (exact) mass is 253 g/mol. The van der Waals surface area contributed by atoms with Crippen molar-refractivity contribution in [2.45, 2.75) is 31.7 Å². The van der Waals surface area contributed by atoms with Crippen LogP contribution in [0.4, 0.5) is 11.5 Å².